The maximum atomic E-state index is 11.2. The third-order valence-corrected chi connectivity index (χ3v) is 2.25. The van der Waals surface area contributed by atoms with Crippen LogP contribution in [0.25, 0.3) is 0 Å². The molecule has 0 atom stereocenters. The summed E-state index contributed by atoms with van der Waals surface area (Å²) < 4.78 is 5.38. The van der Waals surface area contributed by atoms with Crippen molar-refractivity contribution >= 4 is 5.97 Å². The molecule has 2 rings (SSSR count). The van der Waals surface area contributed by atoms with E-state index in [0.29, 0.717) is 6.42 Å². The van der Waals surface area contributed by atoms with Crippen LogP contribution >= 0.6 is 0 Å². The Kier molecular flexibility index (Phi) is 5.33. The number of carboxylic acids is 1. The van der Waals surface area contributed by atoms with E-state index in [9.17, 15) is 14.7 Å². The minimum atomic E-state index is -1.36. The minimum Gasteiger partial charge on any atom is -0.548 e. The first-order valence-electron chi connectivity index (χ1n) is 4.96. The van der Waals surface area contributed by atoms with Crippen LogP contribution in [0.15, 0.2) is 39.6 Å². The Bertz CT molecular complexity index is 576. The molecule has 0 radical (unpaired) electrons. The second-order valence-corrected chi connectivity index (χ2v) is 3.49. The molecule has 0 bridgehead atoms. The minimum absolute atomic E-state index is 0. The van der Waals surface area contributed by atoms with Crippen LogP contribution < -0.4 is 40.4 Å². The van der Waals surface area contributed by atoms with Crippen molar-refractivity contribution in [3.63, 3.8) is 0 Å². The number of aliphatic carboxylic acids is 1. The number of hydrogen-bond donors (Lipinski definition) is 0. The van der Waals surface area contributed by atoms with Crippen LogP contribution in [0.4, 0.5) is 0 Å². The van der Waals surface area contributed by atoms with Crippen LogP contribution in [0, 0.1) is 0 Å². The van der Waals surface area contributed by atoms with Gasteiger partial charge in [0.25, 0.3) is 0 Å². The quantitative estimate of drug-likeness (QED) is 0.523. The smallest absolute Gasteiger partial charge is 0.548 e. The zero-order valence-electron chi connectivity index (χ0n) is 9.83. The second-order valence-electron chi connectivity index (χ2n) is 3.49. The molecule has 1 heterocycles. The van der Waals surface area contributed by atoms with Crippen molar-refractivity contribution in [2.45, 2.75) is 13.0 Å². The number of aromatic nitrogens is 2. The van der Waals surface area contributed by atoms with Gasteiger partial charge in [-0.15, -0.1) is 0 Å². The average Bonchev–Trinajstić information content (AvgIpc) is 2.62. The summed E-state index contributed by atoms with van der Waals surface area (Å²) in [4.78, 5) is 21.7. The van der Waals surface area contributed by atoms with Crippen LogP contribution in [0.2, 0.25) is 0 Å². The van der Waals surface area contributed by atoms with Crippen LogP contribution in [-0.2, 0) is 17.8 Å². The summed E-state index contributed by atoms with van der Waals surface area (Å²) in [5, 5.41) is 14.0. The van der Waals surface area contributed by atoms with Gasteiger partial charge >= 0.3 is 35.3 Å². The fourth-order valence-electron chi connectivity index (χ4n) is 1.49. The van der Waals surface area contributed by atoms with E-state index in [-0.39, 0.29) is 35.4 Å². The second kappa shape index (κ2) is 6.53. The van der Waals surface area contributed by atoms with Gasteiger partial charge in [-0.2, -0.15) is 0 Å². The third kappa shape index (κ3) is 3.56. The van der Waals surface area contributed by atoms with Gasteiger partial charge in [-0.25, -0.2) is 4.79 Å². The maximum absolute atomic E-state index is 11.2. The van der Waals surface area contributed by atoms with Crippen molar-refractivity contribution in [1.29, 1.82) is 0 Å². The Hall–Kier alpha value is -1.37. The van der Waals surface area contributed by atoms with Crippen molar-refractivity contribution in [2.24, 2.45) is 0 Å². The van der Waals surface area contributed by atoms with Gasteiger partial charge in [-0.1, -0.05) is 35.5 Å². The summed E-state index contributed by atoms with van der Waals surface area (Å²) in [6, 6.07) is 9.25. The summed E-state index contributed by atoms with van der Waals surface area (Å²) in [5.41, 5.74) is 0.910. The molecular weight excluding hydrogens is 247 g/mol. The fraction of sp³-hybridized carbons (Fsp3) is 0.182. The van der Waals surface area contributed by atoms with Crippen LogP contribution in [0.1, 0.15) is 11.4 Å². The fourth-order valence-corrected chi connectivity index (χ4v) is 1.49. The normalized spacial score (nSPS) is 9.78. The Labute approximate surface area is 125 Å². The molecule has 0 aliphatic carbocycles. The Morgan fingerprint density at radius 1 is 1.33 bits per heavy atom. The van der Waals surface area contributed by atoms with Crippen molar-refractivity contribution in [1.82, 2.24) is 9.72 Å². The van der Waals surface area contributed by atoms with Gasteiger partial charge in [0, 0.05) is 6.42 Å². The molecule has 6 nitrogen and oxygen atoms in total. The summed E-state index contributed by atoms with van der Waals surface area (Å²) in [6.45, 7) is -0.551. The Morgan fingerprint density at radius 2 is 2.00 bits per heavy atom. The van der Waals surface area contributed by atoms with Gasteiger partial charge in [0.1, 0.15) is 0 Å². The standard InChI is InChI=1S/C11H10N2O4.Na/c14-10(15)7-13-9(12-17-11(13)16)6-8-4-2-1-3-5-8;/h1-5H,6-7H2,(H,14,15);/q;+1/p-1. The maximum Gasteiger partial charge on any atom is 1.00 e. The summed E-state index contributed by atoms with van der Waals surface area (Å²) >= 11 is 0. The first-order valence-corrected chi connectivity index (χ1v) is 4.96. The number of carbonyl (C=O) groups is 1. The van der Waals surface area contributed by atoms with E-state index < -0.39 is 18.3 Å². The predicted molar refractivity (Wildman–Crippen MR) is 55.0 cm³/mol. The zero-order chi connectivity index (χ0) is 12.3. The molecule has 0 aliphatic rings. The SMILES string of the molecule is O=C([O-])Cn1c(Cc2ccccc2)noc1=O.[Na+]. The van der Waals surface area contributed by atoms with Crippen molar-refractivity contribution in [2.75, 3.05) is 0 Å². The van der Waals surface area contributed by atoms with Crippen LogP contribution in [-0.4, -0.2) is 15.7 Å². The van der Waals surface area contributed by atoms with Crippen LogP contribution in [0.3, 0.4) is 0 Å². The largest absolute Gasteiger partial charge is 1.00 e. The molecule has 1 aromatic carbocycles. The molecule has 2 aromatic rings. The molecule has 88 valence electrons. The average molecular weight is 256 g/mol. The molecule has 0 spiro atoms. The topological polar surface area (TPSA) is 88.2 Å². The molecule has 7 heteroatoms. The first kappa shape index (κ1) is 14.7. The zero-order valence-corrected chi connectivity index (χ0v) is 11.8. The van der Waals surface area contributed by atoms with Gasteiger partial charge in [-0.3, -0.25) is 9.09 Å². The summed E-state index contributed by atoms with van der Waals surface area (Å²) in [7, 11) is 0. The van der Waals surface area contributed by atoms with Gasteiger partial charge in [0.15, 0.2) is 5.82 Å². The van der Waals surface area contributed by atoms with E-state index in [0.717, 1.165) is 10.1 Å². The first-order chi connectivity index (χ1) is 8.16. The Morgan fingerprint density at radius 3 is 2.61 bits per heavy atom. The number of carboxylic acid groups (broad SMARTS) is 1. The van der Waals surface area contributed by atoms with Crippen LogP contribution in [0.5, 0.6) is 0 Å². The summed E-state index contributed by atoms with van der Waals surface area (Å²) in [6.07, 6.45) is 0.333. The monoisotopic (exact) mass is 256 g/mol. The van der Waals surface area contributed by atoms with Crippen molar-refractivity contribution in [3.05, 3.63) is 52.3 Å². The number of rotatable bonds is 4. The van der Waals surface area contributed by atoms with Crippen molar-refractivity contribution in [3.8, 4) is 0 Å². The summed E-state index contributed by atoms with van der Waals surface area (Å²) in [5.74, 6) is -1.88. The molecule has 0 unspecified atom stereocenters. The van der Waals surface area contributed by atoms with E-state index in [4.69, 9.17) is 0 Å². The van der Waals surface area contributed by atoms with E-state index in [2.05, 4.69) is 9.68 Å². The molecule has 1 aromatic heterocycles. The van der Waals surface area contributed by atoms with Gasteiger partial charge in [0.05, 0.1) is 12.5 Å². The van der Waals surface area contributed by atoms with Gasteiger partial charge < -0.3 is 9.90 Å². The molecule has 0 saturated carbocycles. The van der Waals surface area contributed by atoms with Crippen molar-refractivity contribution < 1.29 is 44.0 Å². The molecule has 0 saturated heterocycles. The van der Waals surface area contributed by atoms with E-state index >= 15 is 0 Å². The number of benzene rings is 1. The molecule has 0 fully saturated rings. The number of hydrogen-bond acceptors (Lipinski definition) is 5. The van der Waals surface area contributed by atoms with E-state index in [1.807, 2.05) is 30.3 Å². The molecule has 18 heavy (non-hydrogen) atoms. The predicted octanol–water partition coefficient (Wildman–Crippen LogP) is -3.82. The number of nitrogens with zero attached hydrogens (tertiary/aromatic N) is 2. The third-order valence-electron chi connectivity index (χ3n) is 2.25. The Balaban J connectivity index is 0.00000162. The molecule has 0 N–H and O–H groups in total. The number of carbonyl (C=O) groups excluding carboxylic acids is 1. The molecular formula is C11H9N2NaO4. The van der Waals surface area contributed by atoms with Gasteiger partial charge in [0.2, 0.25) is 0 Å². The van der Waals surface area contributed by atoms with E-state index in [1.165, 1.54) is 0 Å². The van der Waals surface area contributed by atoms with Gasteiger partial charge in [-0.05, 0) is 5.56 Å². The molecule has 0 aliphatic heterocycles. The van der Waals surface area contributed by atoms with E-state index in [1.54, 1.807) is 0 Å². The molecule has 0 amide bonds.